The van der Waals surface area contributed by atoms with E-state index in [1.807, 2.05) is 38.1 Å². The third kappa shape index (κ3) is 4.06. The first-order valence-electron chi connectivity index (χ1n) is 7.78. The van der Waals surface area contributed by atoms with Gasteiger partial charge in [0.2, 0.25) is 0 Å². The van der Waals surface area contributed by atoms with Crippen LogP contribution in [-0.4, -0.2) is 26.5 Å². The molecule has 0 N–H and O–H groups in total. The van der Waals surface area contributed by atoms with Crippen LogP contribution in [0.15, 0.2) is 30.3 Å². The first-order chi connectivity index (χ1) is 11.2. The highest BCUT2D eigenvalue weighted by molar-refractivity contribution is 5.96. The molecule has 0 heterocycles. The van der Waals surface area contributed by atoms with E-state index in [1.54, 1.807) is 6.07 Å². The van der Waals surface area contributed by atoms with Crippen LogP contribution in [0.3, 0.4) is 0 Å². The maximum Gasteiger partial charge on any atom is 0.513 e. The fourth-order valence-electron chi connectivity index (χ4n) is 2.18. The standard InChI is InChI=1S/C18H22O5/c1-4-10-21-16-12-15(23-18(19)20-3)13-8-6-7-9-14(13)17(16)22-11-5-2/h6-9,12H,4-5,10-11H2,1-3H3. The molecule has 5 heteroatoms. The summed E-state index contributed by atoms with van der Waals surface area (Å²) in [6, 6.07) is 9.26. The van der Waals surface area contributed by atoms with Crippen molar-refractivity contribution in [1.29, 1.82) is 0 Å². The summed E-state index contributed by atoms with van der Waals surface area (Å²) in [7, 11) is 1.28. The maximum absolute atomic E-state index is 11.5. The van der Waals surface area contributed by atoms with Crippen LogP contribution < -0.4 is 14.2 Å². The lowest BCUT2D eigenvalue weighted by molar-refractivity contribution is 0.122. The maximum atomic E-state index is 11.5. The largest absolute Gasteiger partial charge is 0.513 e. The molecule has 0 bridgehead atoms. The molecule has 0 aliphatic carbocycles. The van der Waals surface area contributed by atoms with E-state index in [1.165, 1.54) is 7.11 Å². The molecule has 0 radical (unpaired) electrons. The monoisotopic (exact) mass is 318 g/mol. The molecule has 2 rings (SSSR count). The third-order valence-electron chi connectivity index (χ3n) is 3.20. The van der Waals surface area contributed by atoms with Crippen LogP contribution in [0.4, 0.5) is 4.79 Å². The number of benzene rings is 2. The number of hydrogen-bond donors (Lipinski definition) is 0. The number of methoxy groups -OCH3 is 1. The van der Waals surface area contributed by atoms with Crippen LogP contribution >= 0.6 is 0 Å². The van der Waals surface area contributed by atoms with Gasteiger partial charge in [-0.05, 0) is 12.8 Å². The Bertz CT molecular complexity index is 666. The number of ether oxygens (including phenoxy) is 4. The Balaban J connectivity index is 2.55. The van der Waals surface area contributed by atoms with Crippen molar-refractivity contribution in [2.45, 2.75) is 26.7 Å². The van der Waals surface area contributed by atoms with Crippen molar-refractivity contribution < 1.29 is 23.7 Å². The number of rotatable bonds is 7. The molecule has 0 atom stereocenters. The molecular weight excluding hydrogens is 296 g/mol. The molecule has 0 aliphatic rings. The van der Waals surface area contributed by atoms with E-state index in [4.69, 9.17) is 14.2 Å². The zero-order chi connectivity index (χ0) is 16.7. The number of carbonyl (C=O) groups is 1. The summed E-state index contributed by atoms with van der Waals surface area (Å²) < 4.78 is 21.5. The Hall–Kier alpha value is -2.43. The van der Waals surface area contributed by atoms with Crippen LogP contribution in [-0.2, 0) is 4.74 Å². The average Bonchev–Trinajstić information content (AvgIpc) is 2.59. The van der Waals surface area contributed by atoms with Crippen LogP contribution in [0.2, 0.25) is 0 Å². The molecule has 5 nitrogen and oxygen atoms in total. The van der Waals surface area contributed by atoms with Gasteiger partial charge in [-0.3, -0.25) is 0 Å². The zero-order valence-corrected chi connectivity index (χ0v) is 13.8. The highest BCUT2D eigenvalue weighted by atomic mass is 16.7. The molecule has 0 saturated heterocycles. The van der Waals surface area contributed by atoms with Crippen molar-refractivity contribution in [3.05, 3.63) is 30.3 Å². The van der Waals surface area contributed by atoms with Crippen molar-refractivity contribution in [1.82, 2.24) is 0 Å². The summed E-state index contributed by atoms with van der Waals surface area (Å²) in [4.78, 5) is 11.5. The average molecular weight is 318 g/mol. The van der Waals surface area contributed by atoms with Gasteiger partial charge in [-0.15, -0.1) is 0 Å². The summed E-state index contributed by atoms with van der Waals surface area (Å²) in [5.74, 6) is 1.63. The van der Waals surface area contributed by atoms with E-state index in [9.17, 15) is 4.79 Å². The van der Waals surface area contributed by atoms with Crippen molar-refractivity contribution in [2.24, 2.45) is 0 Å². The molecule has 0 fully saturated rings. The Morgan fingerprint density at radius 3 is 2.26 bits per heavy atom. The van der Waals surface area contributed by atoms with Crippen molar-refractivity contribution in [3.8, 4) is 17.2 Å². The normalized spacial score (nSPS) is 10.4. The van der Waals surface area contributed by atoms with E-state index in [0.29, 0.717) is 30.5 Å². The van der Waals surface area contributed by atoms with Gasteiger partial charge in [-0.1, -0.05) is 38.1 Å². The van der Waals surface area contributed by atoms with E-state index < -0.39 is 6.16 Å². The molecule has 0 spiro atoms. The second-order valence-corrected chi connectivity index (χ2v) is 5.00. The van der Waals surface area contributed by atoms with Gasteiger partial charge < -0.3 is 18.9 Å². The molecule has 0 saturated carbocycles. The van der Waals surface area contributed by atoms with Gasteiger partial charge in [0.05, 0.1) is 20.3 Å². The predicted molar refractivity (Wildman–Crippen MR) is 88.6 cm³/mol. The van der Waals surface area contributed by atoms with E-state index >= 15 is 0 Å². The van der Waals surface area contributed by atoms with E-state index in [-0.39, 0.29) is 0 Å². The predicted octanol–water partition coefficient (Wildman–Crippen LogP) is 4.56. The lowest BCUT2D eigenvalue weighted by Gasteiger charge is -2.17. The second-order valence-electron chi connectivity index (χ2n) is 5.00. The summed E-state index contributed by atoms with van der Waals surface area (Å²) in [6.07, 6.45) is 0.994. The second kappa shape index (κ2) is 8.27. The van der Waals surface area contributed by atoms with E-state index in [2.05, 4.69) is 4.74 Å². The van der Waals surface area contributed by atoms with E-state index in [0.717, 1.165) is 23.6 Å². The Morgan fingerprint density at radius 2 is 1.61 bits per heavy atom. The summed E-state index contributed by atoms with van der Waals surface area (Å²) in [5.41, 5.74) is 0. The summed E-state index contributed by atoms with van der Waals surface area (Å²) >= 11 is 0. The minimum Gasteiger partial charge on any atom is -0.490 e. The van der Waals surface area contributed by atoms with Crippen LogP contribution in [0.5, 0.6) is 17.2 Å². The first-order valence-corrected chi connectivity index (χ1v) is 7.78. The van der Waals surface area contributed by atoms with Gasteiger partial charge in [-0.2, -0.15) is 0 Å². The Morgan fingerprint density at radius 1 is 0.957 bits per heavy atom. The minimum atomic E-state index is -0.765. The van der Waals surface area contributed by atoms with Crippen molar-refractivity contribution in [3.63, 3.8) is 0 Å². The SMILES string of the molecule is CCCOc1cc(OC(=O)OC)c2ccccc2c1OCCC. The fraction of sp³-hybridized carbons (Fsp3) is 0.389. The Labute approximate surface area is 136 Å². The molecule has 2 aromatic carbocycles. The lowest BCUT2D eigenvalue weighted by atomic mass is 10.1. The van der Waals surface area contributed by atoms with Gasteiger partial charge in [0.15, 0.2) is 11.5 Å². The topological polar surface area (TPSA) is 54.0 Å². The van der Waals surface area contributed by atoms with Gasteiger partial charge in [0.1, 0.15) is 5.75 Å². The third-order valence-corrected chi connectivity index (χ3v) is 3.20. The molecule has 2 aromatic rings. The minimum absolute atomic E-state index is 0.391. The number of carbonyl (C=O) groups excluding carboxylic acids is 1. The molecule has 124 valence electrons. The first kappa shape index (κ1) is 16.9. The molecule has 23 heavy (non-hydrogen) atoms. The van der Waals surface area contributed by atoms with Crippen LogP contribution in [0.25, 0.3) is 10.8 Å². The summed E-state index contributed by atoms with van der Waals surface area (Å²) in [5, 5.41) is 1.61. The smallest absolute Gasteiger partial charge is 0.490 e. The van der Waals surface area contributed by atoms with Gasteiger partial charge in [0.25, 0.3) is 0 Å². The highest BCUT2D eigenvalue weighted by Crippen LogP contribution is 2.42. The Kier molecular flexibility index (Phi) is 6.09. The molecule has 0 unspecified atom stereocenters. The van der Waals surface area contributed by atoms with Crippen molar-refractivity contribution >= 4 is 16.9 Å². The molecule has 0 aliphatic heterocycles. The number of hydrogen-bond acceptors (Lipinski definition) is 5. The molecule has 0 amide bonds. The fourth-order valence-corrected chi connectivity index (χ4v) is 2.18. The van der Waals surface area contributed by atoms with Gasteiger partial charge in [0, 0.05) is 16.8 Å². The molecule has 0 aromatic heterocycles. The molecular formula is C18H22O5. The van der Waals surface area contributed by atoms with Crippen LogP contribution in [0.1, 0.15) is 26.7 Å². The quantitative estimate of drug-likeness (QED) is 0.553. The van der Waals surface area contributed by atoms with Gasteiger partial charge >= 0.3 is 6.16 Å². The highest BCUT2D eigenvalue weighted by Gasteiger charge is 2.17. The van der Waals surface area contributed by atoms with Crippen molar-refractivity contribution in [2.75, 3.05) is 20.3 Å². The zero-order valence-electron chi connectivity index (χ0n) is 13.8. The summed E-state index contributed by atoms with van der Waals surface area (Å²) in [6.45, 7) is 5.21. The number of fused-ring (bicyclic) bond motifs is 1. The van der Waals surface area contributed by atoms with Crippen LogP contribution in [0, 0.1) is 0 Å². The lowest BCUT2D eigenvalue weighted by Crippen LogP contribution is -2.09. The van der Waals surface area contributed by atoms with Gasteiger partial charge in [-0.25, -0.2) is 4.79 Å².